The minimum atomic E-state index is 0.767. The highest BCUT2D eigenvalue weighted by atomic mass is 32.1. The number of hydrogen-bond donors (Lipinski definition) is 1. The second-order valence-corrected chi connectivity index (χ2v) is 12.6. The molecule has 0 unspecified atom stereocenters. The number of thiophene rings is 1. The fourth-order valence-electron chi connectivity index (χ4n) is 6.73. The van der Waals surface area contributed by atoms with Crippen LogP contribution in [0.4, 0.5) is 11.4 Å². The van der Waals surface area contributed by atoms with E-state index in [9.17, 15) is 0 Å². The molecule has 0 amide bonds. The van der Waals surface area contributed by atoms with Gasteiger partial charge in [0, 0.05) is 43.9 Å². The van der Waals surface area contributed by atoms with Crippen molar-refractivity contribution in [3.05, 3.63) is 131 Å². The predicted octanol–water partition coefficient (Wildman–Crippen LogP) is 10.8. The molecule has 8 rings (SSSR count). The molecule has 1 heterocycles. The van der Waals surface area contributed by atoms with Crippen LogP contribution in [0.1, 0.15) is 40.7 Å². The Morgan fingerprint density at radius 3 is 2.12 bits per heavy atom. The zero-order valence-electron chi connectivity index (χ0n) is 24.0. The second kappa shape index (κ2) is 10.8. The summed E-state index contributed by atoms with van der Waals surface area (Å²) in [4.78, 5) is 4.94. The number of benzene rings is 5. The quantitative estimate of drug-likeness (QED) is 0.162. The zero-order chi connectivity index (χ0) is 28.8. The van der Waals surface area contributed by atoms with Gasteiger partial charge in [0.25, 0.3) is 0 Å². The maximum atomic E-state index is 6.69. The molecule has 6 aromatic rings. The SMILES string of the molecule is Nc1c2c(c3c(c1N=CCc1ccc(-c4ccc(-c5cccc6c5sc5ccccc56)cc4)cc1)C=CCC3)CCC=C2. The maximum absolute atomic E-state index is 6.69. The van der Waals surface area contributed by atoms with Crippen LogP contribution in [0.25, 0.3) is 54.6 Å². The van der Waals surface area contributed by atoms with E-state index in [1.165, 1.54) is 70.2 Å². The van der Waals surface area contributed by atoms with Crippen molar-refractivity contribution in [2.24, 2.45) is 4.99 Å². The van der Waals surface area contributed by atoms with Crippen LogP contribution in [0.15, 0.2) is 108 Å². The van der Waals surface area contributed by atoms with Gasteiger partial charge in [0.05, 0.1) is 11.4 Å². The minimum Gasteiger partial charge on any atom is -0.396 e. The molecule has 0 saturated heterocycles. The number of nitrogens with two attached hydrogens (primary N) is 1. The van der Waals surface area contributed by atoms with Gasteiger partial charge in [-0.2, -0.15) is 0 Å². The van der Waals surface area contributed by atoms with Crippen LogP contribution in [-0.2, 0) is 19.3 Å². The van der Waals surface area contributed by atoms with Gasteiger partial charge in [-0.3, -0.25) is 4.99 Å². The summed E-state index contributed by atoms with van der Waals surface area (Å²) in [7, 11) is 0. The molecule has 2 nitrogen and oxygen atoms in total. The van der Waals surface area contributed by atoms with Crippen molar-refractivity contribution in [3.8, 4) is 22.3 Å². The third-order valence-electron chi connectivity index (χ3n) is 8.94. The van der Waals surface area contributed by atoms with Gasteiger partial charge in [0.15, 0.2) is 0 Å². The first-order valence-electron chi connectivity index (χ1n) is 15.2. The molecule has 2 N–H and O–H groups in total. The smallest absolute Gasteiger partial charge is 0.0936 e. The molecule has 3 heteroatoms. The van der Waals surface area contributed by atoms with Crippen LogP contribution >= 0.6 is 11.3 Å². The molecular formula is C40H32N2S. The molecule has 0 bridgehead atoms. The molecular weight excluding hydrogens is 541 g/mol. The van der Waals surface area contributed by atoms with Gasteiger partial charge < -0.3 is 5.73 Å². The summed E-state index contributed by atoms with van der Waals surface area (Å²) in [6.07, 6.45) is 16.0. The molecule has 0 saturated carbocycles. The van der Waals surface area contributed by atoms with Gasteiger partial charge >= 0.3 is 0 Å². The van der Waals surface area contributed by atoms with Crippen molar-refractivity contribution >= 4 is 61.3 Å². The largest absolute Gasteiger partial charge is 0.396 e. The summed E-state index contributed by atoms with van der Waals surface area (Å²) in [5, 5.41) is 2.68. The highest BCUT2D eigenvalue weighted by Gasteiger charge is 2.22. The fourth-order valence-corrected chi connectivity index (χ4v) is 7.97. The number of fused-ring (bicyclic) bond motifs is 6. The molecule has 2 aliphatic carbocycles. The predicted molar refractivity (Wildman–Crippen MR) is 188 cm³/mol. The van der Waals surface area contributed by atoms with E-state index in [1.54, 1.807) is 0 Å². The van der Waals surface area contributed by atoms with Gasteiger partial charge in [0.1, 0.15) is 0 Å². The Morgan fingerprint density at radius 1 is 0.674 bits per heavy atom. The standard InChI is InChI=1S/C40H32N2S/c41-38-34-11-3-1-8-31(34)32-9-2-4-12-35(32)39(38)42-25-24-26-16-18-27(19-17-26)28-20-22-29(23-21-28)30-13-7-14-36-33-10-5-6-15-37(33)43-40(30)36/h3-7,10-23,25H,1-2,8-9,24,41H2. The molecule has 0 atom stereocenters. The molecule has 43 heavy (non-hydrogen) atoms. The number of hydrogen-bond acceptors (Lipinski definition) is 3. The third kappa shape index (κ3) is 4.61. The highest BCUT2D eigenvalue weighted by molar-refractivity contribution is 7.26. The van der Waals surface area contributed by atoms with E-state index < -0.39 is 0 Å². The van der Waals surface area contributed by atoms with E-state index in [1.807, 2.05) is 17.6 Å². The molecule has 1 aromatic heterocycles. The first-order chi connectivity index (χ1) is 21.2. The van der Waals surface area contributed by atoms with Crippen LogP contribution in [0, 0.1) is 0 Å². The number of rotatable bonds is 5. The van der Waals surface area contributed by atoms with Crippen molar-refractivity contribution in [3.63, 3.8) is 0 Å². The molecule has 208 valence electrons. The topological polar surface area (TPSA) is 38.4 Å². The lowest BCUT2D eigenvalue weighted by Crippen LogP contribution is -2.09. The monoisotopic (exact) mass is 572 g/mol. The molecule has 0 fully saturated rings. The summed E-state index contributed by atoms with van der Waals surface area (Å²) in [5.74, 6) is 0. The van der Waals surface area contributed by atoms with Gasteiger partial charge in [-0.1, -0.05) is 109 Å². The first-order valence-corrected chi connectivity index (χ1v) is 16.0. The lowest BCUT2D eigenvalue weighted by Gasteiger charge is -2.24. The summed E-state index contributed by atoms with van der Waals surface area (Å²) in [6, 6.07) is 33.2. The Labute approximate surface area is 256 Å². The van der Waals surface area contributed by atoms with Gasteiger partial charge in [0.2, 0.25) is 0 Å². The zero-order valence-corrected chi connectivity index (χ0v) is 24.8. The van der Waals surface area contributed by atoms with Gasteiger partial charge in [-0.05, 0) is 70.7 Å². The fraction of sp³-hybridized carbons (Fsp3) is 0.125. The molecule has 0 spiro atoms. The normalized spacial score (nSPS) is 14.0. The Hall–Kier alpha value is -4.73. The van der Waals surface area contributed by atoms with Crippen molar-refractivity contribution in [2.45, 2.75) is 32.1 Å². The van der Waals surface area contributed by atoms with Crippen molar-refractivity contribution in [1.82, 2.24) is 0 Å². The average molecular weight is 573 g/mol. The van der Waals surface area contributed by atoms with E-state index in [0.717, 1.165) is 43.5 Å². The second-order valence-electron chi connectivity index (χ2n) is 11.5. The van der Waals surface area contributed by atoms with E-state index >= 15 is 0 Å². The van der Waals surface area contributed by atoms with Crippen LogP contribution in [0.3, 0.4) is 0 Å². The molecule has 0 aliphatic heterocycles. The molecule has 5 aromatic carbocycles. The van der Waals surface area contributed by atoms with E-state index in [-0.39, 0.29) is 0 Å². The lowest BCUT2D eigenvalue weighted by atomic mass is 9.83. The summed E-state index contributed by atoms with van der Waals surface area (Å²) in [5.41, 5.74) is 19.9. The summed E-state index contributed by atoms with van der Waals surface area (Å²) in [6.45, 7) is 0. The summed E-state index contributed by atoms with van der Waals surface area (Å²) >= 11 is 1.88. The number of nitrogens with zero attached hydrogens (tertiary/aromatic N) is 1. The van der Waals surface area contributed by atoms with Gasteiger partial charge in [-0.15, -0.1) is 11.3 Å². The number of nitrogen functional groups attached to an aromatic ring is 1. The maximum Gasteiger partial charge on any atom is 0.0936 e. The van der Waals surface area contributed by atoms with Crippen LogP contribution in [0.2, 0.25) is 0 Å². The van der Waals surface area contributed by atoms with E-state index in [0.29, 0.717) is 0 Å². The van der Waals surface area contributed by atoms with Crippen LogP contribution in [0.5, 0.6) is 0 Å². The average Bonchev–Trinajstić information content (AvgIpc) is 3.46. The summed E-state index contributed by atoms with van der Waals surface area (Å²) < 4.78 is 2.69. The Kier molecular flexibility index (Phi) is 6.54. The third-order valence-corrected chi connectivity index (χ3v) is 10.2. The van der Waals surface area contributed by atoms with Crippen molar-refractivity contribution in [2.75, 3.05) is 5.73 Å². The molecule has 2 aliphatic rings. The Bertz CT molecular complexity index is 2090. The van der Waals surface area contributed by atoms with Gasteiger partial charge in [-0.25, -0.2) is 0 Å². The van der Waals surface area contributed by atoms with Crippen LogP contribution in [-0.4, -0.2) is 6.21 Å². The number of anilines is 1. The molecule has 0 radical (unpaired) electrons. The number of aliphatic imine (C=N–C) groups is 1. The van der Waals surface area contributed by atoms with E-state index in [2.05, 4.69) is 115 Å². The van der Waals surface area contributed by atoms with E-state index in [4.69, 9.17) is 10.7 Å². The Balaban J connectivity index is 1.02. The van der Waals surface area contributed by atoms with Crippen molar-refractivity contribution in [1.29, 1.82) is 0 Å². The number of allylic oxidation sites excluding steroid dienone is 2. The lowest BCUT2D eigenvalue weighted by molar-refractivity contribution is 0.907. The highest BCUT2D eigenvalue weighted by Crippen LogP contribution is 2.43. The minimum absolute atomic E-state index is 0.767. The van der Waals surface area contributed by atoms with Crippen LogP contribution < -0.4 is 5.73 Å². The Morgan fingerprint density at radius 2 is 1.33 bits per heavy atom. The first kappa shape index (κ1) is 25.9. The van der Waals surface area contributed by atoms with Crippen molar-refractivity contribution < 1.29 is 0 Å².